The highest BCUT2D eigenvalue weighted by molar-refractivity contribution is 5.96. The van der Waals surface area contributed by atoms with Crippen molar-refractivity contribution >= 4 is 5.71 Å². The molecule has 0 amide bonds. The molecule has 0 fully saturated rings. The molecule has 0 aliphatic heterocycles. The summed E-state index contributed by atoms with van der Waals surface area (Å²) in [5.74, 6) is 0. The molecule has 0 radical (unpaired) electrons. The van der Waals surface area contributed by atoms with Gasteiger partial charge in [0.25, 0.3) is 0 Å². The first-order valence-electron chi connectivity index (χ1n) is 5.18. The van der Waals surface area contributed by atoms with Crippen LogP contribution >= 0.6 is 0 Å². The number of hydrogen-bond donors (Lipinski definition) is 0. The molecule has 0 spiro atoms. The third kappa shape index (κ3) is 2.73. The molecule has 0 aliphatic rings. The van der Waals surface area contributed by atoms with Gasteiger partial charge >= 0.3 is 0 Å². The number of aliphatic imine (C=N–C) groups is 1. The first kappa shape index (κ1) is 10.5. The van der Waals surface area contributed by atoms with E-state index in [9.17, 15) is 0 Å². The summed E-state index contributed by atoms with van der Waals surface area (Å²) in [5, 5.41) is 0. The van der Waals surface area contributed by atoms with E-state index in [4.69, 9.17) is 0 Å². The van der Waals surface area contributed by atoms with Crippen LogP contribution in [0.2, 0.25) is 0 Å². The van der Waals surface area contributed by atoms with Crippen LogP contribution < -0.4 is 0 Å². The molecule has 16 heavy (non-hydrogen) atoms. The fraction of sp³-hybridized carbons (Fsp3) is 0.154. The Balaban J connectivity index is 2.09. The molecule has 2 aromatic rings. The highest BCUT2D eigenvalue weighted by atomic mass is 14.8. The van der Waals surface area contributed by atoms with Crippen molar-refractivity contribution in [3.63, 3.8) is 0 Å². The fourth-order valence-corrected chi connectivity index (χ4v) is 1.35. The largest absolute Gasteiger partial charge is 0.281 e. The second-order valence-electron chi connectivity index (χ2n) is 3.44. The van der Waals surface area contributed by atoms with Gasteiger partial charge in [0, 0.05) is 12.4 Å². The average molecular weight is 211 g/mol. The SMILES string of the molecule is CC(=NCc1ccccn1)c1ccccn1. The lowest BCUT2D eigenvalue weighted by Gasteiger charge is -1.99. The standard InChI is InChI=1S/C13H13N3/c1-11(13-7-3-5-9-15-13)16-10-12-6-2-4-8-14-12/h2-9H,10H2,1H3. The van der Waals surface area contributed by atoms with Gasteiger partial charge in [-0.3, -0.25) is 15.0 Å². The van der Waals surface area contributed by atoms with E-state index in [1.54, 1.807) is 12.4 Å². The predicted molar refractivity (Wildman–Crippen MR) is 64.4 cm³/mol. The molecule has 2 aromatic heterocycles. The zero-order chi connectivity index (χ0) is 11.2. The van der Waals surface area contributed by atoms with Crippen LogP contribution in [0.4, 0.5) is 0 Å². The van der Waals surface area contributed by atoms with E-state index in [1.165, 1.54) is 0 Å². The molecular weight excluding hydrogens is 198 g/mol. The Bertz CT molecular complexity index is 463. The Morgan fingerprint density at radius 3 is 2.44 bits per heavy atom. The van der Waals surface area contributed by atoms with Crippen molar-refractivity contribution in [2.24, 2.45) is 4.99 Å². The molecular formula is C13H13N3. The van der Waals surface area contributed by atoms with E-state index in [0.717, 1.165) is 17.1 Å². The Hall–Kier alpha value is -2.03. The van der Waals surface area contributed by atoms with E-state index < -0.39 is 0 Å². The summed E-state index contributed by atoms with van der Waals surface area (Å²) >= 11 is 0. The zero-order valence-electron chi connectivity index (χ0n) is 9.17. The third-order valence-corrected chi connectivity index (χ3v) is 2.24. The molecule has 0 saturated carbocycles. The van der Waals surface area contributed by atoms with Gasteiger partial charge in [0.15, 0.2) is 0 Å². The van der Waals surface area contributed by atoms with Crippen molar-refractivity contribution in [2.75, 3.05) is 0 Å². The molecule has 2 rings (SSSR count). The lowest BCUT2D eigenvalue weighted by molar-refractivity contribution is 0.986. The van der Waals surface area contributed by atoms with Gasteiger partial charge in [-0.1, -0.05) is 12.1 Å². The van der Waals surface area contributed by atoms with E-state index in [1.807, 2.05) is 43.3 Å². The summed E-state index contributed by atoms with van der Waals surface area (Å²) in [6.45, 7) is 2.56. The Morgan fingerprint density at radius 1 is 1.06 bits per heavy atom. The van der Waals surface area contributed by atoms with Crippen LogP contribution in [0.15, 0.2) is 53.8 Å². The van der Waals surface area contributed by atoms with Gasteiger partial charge in [-0.05, 0) is 31.2 Å². The molecule has 0 unspecified atom stereocenters. The Kier molecular flexibility index (Phi) is 3.38. The van der Waals surface area contributed by atoms with E-state index in [-0.39, 0.29) is 0 Å². The minimum Gasteiger partial charge on any atom is -0.281 e. The van der Waals surface area contributed by atoms with Gasteiger partial charge in [0.2, 0.25) is 0 Å². The van der Waals surface area contributed by atoms with E-state index >= 15 is 0 Å². The predicted octanol–water partition coefficient (Wildman–Crippen LogP) is 2.49. The Labute approximate surface area is 94.9 Å². The maximum atomic E-state index is 4.46. The molecule has 3 heteroatoms. The van der Waals surface area contributed by atoms with Crippen LogP contribution in [0.25, 0.3) is 0 Å². The van der Waals surface area contributed by atoms with E-state index in [2.05, 4.69) is 15.0 Å². The number of hydrogen-bond acceptors (Lipinski definition) is 3. The van der Waals surface area contributed by atoms with Crippen LogP contribution in [0, 0.1) is 0 Å². The van der Waals surface area contributed by atoms with Crippen LogP contribution in [-0.2, 0) is 6.54 Å². The van der Waals surface area contributed by atoms with Crippen LogP contribution in [-0.4, -0.2) is 15.7 Å². The molecule has 0 bridgehead atoms. The van der Waals surface area contributed by atoms with Gasteiger partial charge in [-0.15, -0.1) is 0 Å². The van der Waals surface area contributed by atoms with Gasteiger partial charge in [0.05, 0.1) is 23.6 Å². The monoisotopic (exact) mass is 211 g/mol. The molecule has 3 nitrogen and oxygen atoms in total. The van der Waals surface area contributed by atoms with Crippen molar-refractivity contribution in [2.45, 2.75) is 13.5 Å². The number of aromatic nitrogens is 2. The highest BCUT2D eigenvalue weighted by Crippen LogP contribution is 2.00. The minimum absolute atomic E-state index is 0.600. The molecule has 2 heterocycles. The number of nitrogens with zero attached hydrogens (tertiary/aromatic N) is 3. The summed E-state index contributed by atoms with van der Waals surface area (Å²) < 4.78 is 0. The highest BCUT2D eigenvalue weighted by Gasteiger charge is 1.97. The van der Waals surface area contributed by atoms with Crippen molar-refractivity contribution in [1.82, 2.24) is 9.97 Å². The zero-order valence-corrected chi connectivity index (χ0v) is 9.17. The number of pyridine rings is 2. The van der Waals surface area contributed by atoms with Gasteiger partial charge < -0.3 is 0 Å². The molecule has 0 aliphatic carbocycles. The number of rotatable bonds is 3. The first-order valence-corrected chi connectivity index (χ1v) is 5.18. The minimum atomic E-state index is 0.600. The summed E-state index contributed by atoms with van der Waals surface area (Å²) in [6.07, 6.45) is 3.55. The maximum Gasteiger partial charge on any atom is 0.0837 e. The van der Waals surface area contributed by atoms with Crippen molar-refractivity contribution in [1.29, 1.82) is 0 Å². The second kappa shape index (κ2) is 5.16. The van der Waals surface area contributed by atoms with Crippen LogP contribution in [0.3, 0.4) is 0 Å². The molecule has 0 aromatic carbocycles. The summed E-state index contributed by atoms with van der Waals surface area (Å²) in [5.41, 5.74) is 2.82. The second-order valence-corrected chi connectivity index (χ2v) is 3.44. The summed E-state index contributed by atoms with van der Waals surface area (Å²) in [6, 6.07) is 11.6. The van der Waals surface area contributed by atoms with Crippen LogP contribution in [0.1, 0.15) is 18.3 Å². The molecule has 80 valence electrons. The molecule has 0 saturated heterocycles. The van der Waals surface area contributed by atoms with Crippen molar-refractivity contribution in [3.8, 4) is 0 Å². The molecule has 0 N–H and O–H groups in total. The summed E-state index contributed by atoms with van der Waals surface area (Å²) in [4.78, 5) is 12.9. The van der Waals surface area contributed by atoms with Gasteiger partial charge in [-0.25, -0.2) is 0 Å². The lowest BCUT2D eigenvalue weighted by atomic mass is 10.2. The molecule has 0 atom stereocenters. The third-order valence-electron chi connectivity index (χ3n) is 2.24. The van der Waals surface area contributed by atoms with Crippen molar-refractivity contribution < 1.29 is 0 Å². The maximum absolute atomic E-state index is 4.46. The smallest absolute Gasteiger partial charge is 0.0837 e. The topological polar surface area (TPSA) is 38.1 Å². The summed E-state index contributed by atoms with van der Waals surface area (Å²) in [7, 11) is 0. The first-order chi connectivity index (χ1) is 7.86. The van der Waals surface area contributed by atoms with Crippen LogP contribution in [0.5, 0.6) is 0 Å². The van der Waals surface area contributed by atoms with Gasteiger partial charge in [0.1, 0.15) is 0 Å². The van der Waals surface area contributed by atoms with Gasteiger partial charge in [-0.2, -0.15) is 0 Å². The quantitative estimate of drug-likeness (QED) is 0.731. The fourth-order valence-electron chi connectivity index (χ4n) is 1.35. The van der Waals surface area contributed by atoms with Crippen molar-refractivity contribution in [3.05, 3.63) is 60.2 Å². The average Bonchev–Trinajstić information content (AvgIpc) is 2.38. The lowest BCUT2D eigenvalue weighted by Crippen LogP contribution is -1.99. The normalized spacial score (nSPS) is 11.4. The Morgan fingerprint density at radius 2 is 1.81 bits per heavy atom. The van der Waals surface area contributed by atoms with E-state index in [0.29, 0.717) is 6.54 Å².